The average Bonchev–Trinajstić information content (AvgIpc) is 3.44. The molecule has 36 heavy (non-hydrogen) atoms. The summed E-state index contributed by atoms with van der Waals surface area (Å²) in [6.07, 6.45) is -6.44. The van der Waals surface area contributed by atoms with Crippen molar-refractivity contribution in [3.63, 3.8) is 0 Å². The summed E-state index contributed by atoms with van der Waals surface area (Å²) in [6, 6.07) is 0.986. The molecule has 0 spiro atoms. The number of rotatable bonds is 5. The molecule has 0 aromatic carbocycles. The Morgan fingerprint density at radius 2 is 1.83 bits per heavy atom. The van der Waals surface area contributed by atoms with Crippen molar-refractivity contribution >= 4 is 22.2 Å². The molecule has 4 heterocycles. The van der Waals surface area contributed by atoms with E-state index in [1.54, 1.807) is 19.2 Å². The van der Waals surface area contributed by atoms with Gasteiger partial charge in [0.1, 0.15) is 17.2 Å². The van der Waals surface area contributed by atoms with Gasteiger partial charge in [-0.15, -0.1) is 0 Å². The van der Waals surface area contributed by atoms with E-state index in [9.17, 15) is 36.2 Å². The van der Waals surface area contributed by atoms with Crippen LogP contribution < -0.4 is 4.90 Å². The van der Waals surface area contributed by atoms with Crippen LogP contribution in [0.15, 0.2) is 24.7 Å². The molecule has 0 bridgehead atoms. The van der Waals surface area contributed by atoms with Crippen LogP contribution in [0.5, 0.6) is 0 Å². The van der Waals surface area contributed by atoms with E-state index in [1.165, 1.54) is 14.5 Å². The SMILES string of the molecule is Cc1ccn(CC(=O)N2CCN(c3sc(C(F)(F)F)nc3-c3cnc(C(F)(F)F)nc3)C[C@@H]2CO)n1. The number of thiazole rings is 1. The minimum Gasteiger partial charge on any atom is -0.394 e. The van der Waals surface area contributed by atoms with Crippen molar-refractivity contribution in [3.8, 4) is 11.3 Å². The van der Waals surface area contributed by atoms with Gasteiger partial charge in [0.15, 0.2) is 0 Å². The number of nitrogens with zero attached hydrogens (tertiary/aromatic N) is 7. The number of aromatic nitrogens is 5. The maximum absolute atomic E-state index is 13.5. The first-order valence-electron chi connectivity index (χ1n) is 10.5. The van der Waals surface area contributed by atoms with Gasteiger partial charge in [0.05, 0.1) is 18.3 Å². The van der Waals surface area contributed by atoms with Crippen molar-refractivity contribution in [2.45, 2.75) is 31.9 Å². The second-order valence-corrected chi connectivity index (χ2v) is 8.97. The molecule has 3 aromatic rings. The standard InChI is InChI=1S/C20H19F6N7O2S/c1-11-2-3-32(30-11)9-14(35)33-5-4-31(8-13(33)10-34)16-15(29-18(36-16)20(24,25)26)12-6-27-17(28-7-12)19(21,22)23/h2-3,6-7,13,34H,4-5,8-10H2,1H3/t13-/m1/s1. The molecule has 1 saturated heterocycles. The number of alkyl halides is 6. The first-order chi connectivity index (χ1) is 16.9. The first-order valence-corrected chi connectivity index (χ1v) is 11.3. The molecule has 3 aromatic heterocycles. The molecule has 0 radical (unpaired) electrons. The van der Waals surface area contributed by atoms with Gasteiger partial charge in [-0.2, -0.15) is 31.4 Å². The summed E-state index contributed by atoms with van der Waals surface area (Å²) in [6.45, 7) is 1.41. The molecule has 1 atom stereocenters. The Labute approximate surface area is 204 Å². The van der Waals surface area contributed by atoms with Gasteiger partial charge >= 0.3 is 12.4 Å². The minimum atomic E-state index is -4.81. The molecule has 194 valence electrons. The van der Waals surface area contributed by atoms with Gasteiger partial charge in [-0.1, -0.05) is 11.3 Å². The maximum Gasteiger partial charge on any atom is 0.451 e. The number of carbonyl (C=O) groups is 1. The van der Waals surface area contributed by atoms with E-state index in [0.717, 1.165) is 18.1 Å². The number of piperazine rings is 1. The lowest BCUT2D eigenvalue weighted by molar-refractivity contribution is -0.145. The van der Waals surface area contributed by atoms with Crippen LogP contribution in [0.25, 0.3) is 11.3 Å². The van der Waals surface area contributed by atoms with Crippen LogP contribution in [0.4, 0.5) is 31.3 Å². The number of anilines is 1. The second kappa shape index (κ2) is 9.65. The quantitative estimate of drug-likeness (QED) is 0.502. The Hall–Kier alpha value is -3.27. The molecule has 1 amide bonds. The normalized spacial score (nSPS) is 17.1. The van der Waals surface area contributed by atoms with Crippen LogP contribution in [0.2, 0.25) is 0 Å². The molecule has 0 aliphatic carbocycles. The molecule has 1 aliphatic heterocycles. The second-order valence-electron chi connectivity index (χ2n) is 7.99. The van der Waals surface area contributed by atoms with Gasteiger partial charge in [-0.25, -0.2) is 15.0 Å². The lowest BCUT2D eigenvalue weighted by Gasteiger charge is -2.41. The molecular weight excluding hydrogens is 516 g/mol. The largest absolute Gasteiger partial charge is 0.451 e. The van der Waals surface area contributed by atoms with E-state index in [2.05, 4.69) is 20.1 Å². The average molecular weight is 535 g/mol. The first kappa shape index (κ1) is 25.8. The lowest BCUT2D eigenvalue weighted by atomic mass is 10.1. The van der Waals surface area contributed by atoms with Crippen LogP contribution in [-0.2, 0) is 23.7 Å². The Bertz CT molecular complexity index is 1220. The highest BCUT2D eigenvalue weighted by Gasteiger charge is 2.39. The number of carbonyl (C=O) groups excluding carboxylic acids is 1. The number of aliphatic hydroxyl groups excluding tert-OH is 1. The van der Waals surface area contributed by atoms with Gasteiger partial charge in [0.25, 0.3) is 0 Å². The van der Waals surface area contributed by atoms with Crippen molar-refractivity contribution in [1.29, 1.82) is 0 Å². The van der Waals surface area contributed by atoms with E-state index in [0.29, 0.717) is 11.3 Å². The van der Waals surface area contributed by atoms with Crippen LogP contribution in [-0.4, -0.2) is 72.9 Å². The highest BCUT2D eigenvalue weighted by atomic mass is 32.1. The molecule has 0 unspecified atom stereocenters. The summed E-state index contributed by atoms with van der Waals surface area (Å²) in [5.74, 6) is -1.76. The van der Waals surface area contributed by atoms with Gasteiger partial charge in [0.2, 0.25) is 16.7 Å². The molecule has 4 rings (SSSR count). The third-order valence-corrected chi connectivity index (χ3v) is 6.56. The predicted molar refractivity (Wildman–Crippen MR) is 115 cm³/mol. The van der Waals surface area contributed by atoms with E-state index in [1.807, 2.05) is 0 Å². The molecular formula is C20H19F6N7O2S. The van der Waals surface area contributed by atoms with Crippen LogP contribution in [0.3, 0.4) is 0 Å². The maximum atomic E-state index is 13.5. The third-order valence-electron chi connectivity index (χ3n) is 5.40. The highest BCUT2D eigenvalue weighted by Crippen LogP contribution is 2.43. The zero-order valence-corrected chi connectivity index (χ0v) is 19.4. The van der Waals surface area contributed by atoms with Crippen molar-refractivity contribution < 1.29 is 36.2 Å². The Morgan fingerprint density at radius 3 is 2.39 bits per heavy atom. The summed E-state index contributed by atoms with van der Waals surface area (Å²) >= 11 is 0.318. The Balaban J connectivity index is 1.60. The molecule has 0 saturated carbocycles. The highest BCUT2D eigenvalue weighted by molar-refractivity contribution is 7.16. The van der Waals surface area contributed by atoms with Crippen LogP contribution >= 0.6 is 11.3 Å². The zero-order chi connectivity index (χ0) is 26.3. The third kappa shape index (κ3) is 5.43. The van der Waals surface area contributed by atoms with E-state index in [-0.39, 0.29) is 48.3 Å². The molecule has 16 heteroatoms. The van der Waals surface area contributed by atoms with Crippen molar-refractivity contribution in [1.82, 2.24) is 29.6 Å². The zero-order valence-electron chi connectivity index (χ0n) is 18.6. The fourth-order valence-corrected chi connectivity index (χ4v) is 4.73. The number of amides is 1. The van der Waals surface area contributed by atoms with Crippen LogP contribution in [0, 0.1) is 6.92 Å². The number of aliphatic hydroxyl groups is 1. The topological polar surface area (TPSA) is 100 Å². The summed E-state index contributed by atoms with van der Waals surface area (Å²) in [7, 11) is 0. The van der Waals surface area contributed by atoms with E-state index >= 15 is 0 Å². The number of halogens is 6. The van der Waals surface area contributed by atoms with Gasteiger partial charge in [-0.3, -0.25) is 9.48 Å². The minimum absolute atomic E-state index is 0.0195. The van der Waals surface area contributed by atoms with Gasteiger partial charge in [-0.05, 0) is 13.0 Å². The molecule has 1 aliphatic rings. The number of aryl methyl sites for hydroxylation is 1. The fourth-order valence-electron chi connectivity index (χ4n) is 3.74. The molecule has 9 nitrogen and oxygen atoms in total. The monoisotopic (exact) mass is 535 g/mol. The van der Waals surface area contributed by atoms with Crippen LogP contribution in [0.1, 0.15) is 16.5 Å². The van der Waals surface area contributed by atoms with Crippen molar-refractivity contribution in [2.24, 2.45) is 0 Å². The van der Waals surface area contributed by atoms with E-state index < -0.39 is 35.8 Å². The molecule has 1 N–H and O–H groups in total. The smallest absolute Gasteiger partial charge is 0.394 e. The Morgan fingerprint density at radius 1 is 1.14 bits per heavy atom. The number of hydrogen-bond donors (Lipinski definition) is 1. The summed E-state index contributed by atoms with van der Waals surface area (Å²) in [4.78, 5) is 25.8. The van der Waals surface area contributed by atoms with E-state index in [4.69, 9.17) is 0 Å². The van der Waals surface area contributed by atoms with Crippen molar-refractivity contribution in [2.75, 3.05) is 31.1 Å². The predicted octanol–water partition coefficient (Wildman–Crippen LogP) is 2.85. The fraction of sp³-hybridized carbons (Fsp3) is 0.450. The molecule has 1 fully saturated rings. The Kier molecular flexibility index (Phi) is 6.92. The summed E-state index contributed by atoms with van der Waals surface area (Å²) < 4.78 is 80.3. The van der Waals surface area contributed by atoms with Gasteiger partial charge < -0.3 is 14.9 Å². The summed E-state index contributed by atoms with van der Waals surface area (Å²) in [5.41, 5.74) is 0.360. The summed E-state index contributed by atoms with van der Waals surface area (Å²) in [5, 5.41) is 12.9. The lowest BCUT2D eigenvalue weighted by Crippen LogP contribution is -2.57. The van der Waals surface area contributed by atoms with Gasteiger partial charge in [0, 0.05) is 43.8 Å². The number of hydrogen-bond acceptors (Lipinski definition) is 8. The van der Waals surface area contributed by atoms with Crippen molar-refractivity contribution in [3.05, 3.63) is 41.2 Å².